The molecule has 0 amide bonds. The molecular weight excluding hydrogens is 278 g/mol. The van der Waals surface area contributed by atoms with Gasteiger partial charge >= 0.3 is 5.97 Å². The lowest BCUT2D eigenvalue weighted by atomic mass is 10.2. The first kappa shape index (κ1) is 14.1. The van der Waals surface area contributed by atoms with Crippen LogP contribution in [-0.2, 0) is 11.3 Å². The summed E-state index contributed by atoms with van der Waals surface area (Å²) in [5.41, 5.74) is 2.04. The van der Waals surface area contributed by atoms with Crippen LogP contribution in [0.25, 0.3) is 11.5 Å². The highest BCUT2D eigenvalue weighted by Gasteiger charge is 2.14. The molecule has 0 aliphatic carbocycles. The Bertz CT molecular complexity index is 764. The van der Waals surface area contributed by atoms with Crippen LogP contribution in [0.5, 0.6) is 0 Å². The lowest BCUT2D eigenvalue weighted by Gasteiger charge is -2.02. The Morgan fingerprint density at radius 2 is 1.68 bits per heavy atom. The second kappa shape index (κ2) is 6.26. The summed E-state index contributed by atoms with van der Waals surface area (Å²) in [6.07, 6.45) is 0. The van der Waals surface area contributed by atoms with E-state index >= 15 is 0 Å². The summed E-state index contributed by atoms with van der Waals surface area (Å²) < 4.78 is 10.9. The van der Waals surface area contributed by atoms with Gasteiger partial charge in [0.15, 0.2) is 0 Å². The lowest BCUT2D eigenvalue weighted by Crippen LogP contribution is -2.05. The lowest BCUT2D eigenvalue weighted by molar-refractivity contribution is 0.0467. The normalized spacial score (nSPS) is 10.4. The highest BCUT2D eigenvalue weighted by molar-refractivity contribution is 5.89. The minimum absolute atomic E-state index is 0.0931. The van der Waals surface area contributed by atoms with Crippen molar-refractivity contribution in [2.75, 3.05) is 0 Å². The molecule has 0 atom stereocenters. The largest absolute Gasteiger partial charge is 0.455 e. The van der Waals surface area contributed by atoms with Gasteiger partial charge in [-0.15, -0.1) is 0 Å². The van der Waals surface area contributed by atoms with Gasteiger partial charge in [0.05, 0.1) is 5.56 Å². The fourth-order valence-electron chi connectivity index (χ4n) is 2.06. The van der Waals surface area contributed by atoms with Gasteiger partial charge in [0, 0.05) is 5.56 Å². The molecule has 110 valence electrons. The molecule has 2 aromatic carbocycles. The molecule has 0 fully saturated rings. The molecule has 0 spiro atoms. The van der Waals surface area contributed by atoms with Crippen LogP contribution in [0.3, 0.4) is 0 Å². The van der Waals surface area contributed by atoms with E-state index < -0.39 is 0 Å². The van der Waals surface area contributed by atoms with Crippen LogP contribution in [0.15, 0.2) is 65.1 Å². The van der Waals surface area contributed by atoms with E-state index in [1.165, 1.54) is 0 Å². The fourth-order valence-corrected chi connectivity index (χ4v) is 2.06. The van der Waals surface area contributed by atoms with Gasteiger partial charge in [0.25, 0.3) is 0 Å². The number of aryl methyl sites for hydroxylation is 1. The number of benzene rings is 2. The molecule has 0 saturated heterocycles. The van der Waals surface area contributed by atoms with Gasteiger partial charge in [0.2, 0.25) is 5.89 Å². The van der Waals surface area contributed by atoms with Crippen LogP contribution in [-0.4, -0.2) is 11.0 Å². The minimum atomic E-state index is -0.371. The summed E-state index contributed by atoms with van der Waals surface area (Å²) in [5.74, 6) is 0.813. The number of esters is 1. The number of hydrogen-bond donors (Lipinski definition) is 0. The second-order valence-electron chi connectivity index (χ2n) is 4.83. The van der Waals surface area contributed by atoms with Crippen molar-refractivity contribution in [1.82, 2.24) is 4.98 Å². The molecule has 0 radical (unpaired) electrons. The third kappa shape index (κ3) is 3.06. The topological polar surface area (TPSA) is 52.3 Å². The van der Waals surface area contributed by atoms with Crippen LogP contribution in [0, 0.1) is 6.92 Å². The van der Waals surface area contributed by atoms with Crippen molar-refractivity contribution in [3.8, 4) is 11.5 Å². The molecule has 0 saturated carbocycles. The zero-order valence-electron chi connectivity index (χ0n) is 12.2. The number of nitrogens with zero attached hydrogens (tertiary/aromatic N) is 1. The van der Waals surface area contributed by atoms with Crippen molar-refractivity contribution in [2.45, 2.75) is 13.5 Å². The molecule has 0 unspecified atom stereocenters. The SMILES string of the molecule is Cc1oc(-c2ccccc2)nc1COC(=O)c1ccccc1. The number of ether oxygens (including phenoxy) is 1. The number of carbonyl (C=O) groups excluding carboxylic acids is 1. The summed E-state index contributed by atoms with van der Waals surface area (Å²) in [5, 5.41) is 0. The Labute approximate surface area is 128 Å². The minimum Gasteiger partial charge on any atom is -0.455 e. The number of oxazole rings is 1. The van der Waals surface area contributed by atoms with Crippen molar-refractivity contribution in [2.24, 2.45) is 0 Å². The van der Waals surface area contributed by atoms with Gasteiger partial charge in [-0.2, -0.15) is 0 Å². The Balaban J connectivity index is 1.71. The van der Waals surface area contributed by atoms with E-state index in [1.807, 2.05) is 43.3 Å². The van der Waals surface area contributed by atoms with Gasteiger partial charge in [0.1, 0.15) is 18.1 Å². The Kier molecular flexibility index (Phi) is 4.01. The standard InChI is InChI=1S/C18H15NO3/c1-13-16(12-21-18(20)15-10-6-3-7-11-15)19-17(22-13)14-8-4-2-5-9-14/h2-11H,12H2,1H3. The summed E-state index contributed by atoms with van der Waals surface area (Å²) in [7, 11) is 0. The van der Waals surface area contributed by atoms with E-state index in [4.69, 9.17) is 9.15 Å². The number of hydrogen-bond acceptors (Lipinski definition) is 4. The molecule has 0 aliphatic rings. The summed E-state index contributed by atoms with van der Waals surface area (Å²) in [6.45, 7) is 1.90. The quantitative estimate of drug-likeness (QED) is 0.682. The van der Waals surface area contributed by atoms with Crippen molar-refractivity contribution in [1.29, 1.82) is 0 Å². The number of aromatic nitrogens is 1. The first-order valence-corrected chi connectivity index (χ1v) is 6.98. The molecule has 22 heavy (non-hydrogen) atoms. The predicted molar refractivity (Wildman–Crippen MR) is 82.2 cm³/mol. The van der Waals surface area contributed by atoms with Crippen LogP contribution in [0.1, 0.15) is 21.8 Å². The van der Waals surface area contributed by atoms with Crippen molar-refractivity contribution in [3.63, 3.8) is 0 Å². The van der Waals surface area contributed by atoms with Gasteiger partial charge in [-0.25, -0.2) is 9.78 Å². The van der Waals surface area contributed by atoms with Gasteiger partial charge in [-0.05, 0) is 31.2 Å². The van der Waals surface area contributed by atoms with E-state index in [-0.39, 0.29) is 12.6 Å². The summed E-state index contributed by atoms with van der Waals surface area (Å²) in [6, 6.07) is 18.5. The second-order valence-corrected chi connectivity index (χ2v) is 4.83. The average Bonchev–Trinajstić information content (AvgIpc) is 2.95. The molecule has 1 heterocycles. The Hall–Kier alpha value is -2.88. The predicted octanol–water partition coefficient (Wildman–Crippen LogP) is 4.01. The van der Waals surface area contributed by atoms with E-state index in [0.29, 0.717) is 22.9 Å². The van der Waals surface area contributed by atoms with Crippen LogP contribution < -0.4 is 0 Å². The molecule has 1 aromatic heterocycles. The highest BCUT2D eigenvalue weighted by atomic mass is 16.5. The van der Waals surface area contributed by atoms with E-state index in [9.17, 15) is 4.79 Å². The van der Waals surface area contributed by atoms with Gasteiger partial charge < -0.3 is 9.15 Å². The maximum atomic E-state index is 11.9. The molecule has 0 bridgehead atoms. The van der Waals surface area contributed by atoms with Crippen molar-refractivity contribution in [3.05, 3.63) is 77.7 Å². The zero-order chi connectivity index (χ0) is 15.4. The number of carbonyl (C=O) groups is 1. The van der Waals surface area contributed by atoms with E-state index in [1.54, 1.807) is 24.3 Å². The van der Waals surface area contributed by atoms with Gasteiger partial charge in [-0.3, -0.25) is 0 Å². The van der Waals surface area contributed by atoms with Crippen molar-refractivity contribution >= 4 is 5.97 Å². The summed E-state index contributed by atoms with van der Waals surface area (Å²) in [4.78, 5) is 16.3. The van der Waals surface area contributed by atoms with Crippen molar-refractivity contribution < 1.29 is 13.9 Å². The van der Waals surface area contributed by atoms with E-state index in [0.717, 1.165) is 5.56 Å². The average molecular weight is 293 g/mol. The maximum Gasteiger partial charge on any atom is 0.338 e. The first-order valence-electron chi connectivity index (χ1n) is 6.98. The third-order valence-corrected chi connectivity index (χ3v) is 3.26. The maximum absolute atomic E-state index is 11.9. The molecule has 4 heteroatoms. The molecule has 0 N–H and O–H groups in total. The molecule has 3 rings (SSSR count). The molecule has 3 aromatic rings. The number of rotatable bonds is 4. The smallest absolute Gasteiger partial charge is 0.338 e. The first-order chi connectivity index (χ1) is 10.7. The third-order valence-electron chi connectivity index (χ3n) is 3.26. The molecule has 4 nitrogen and oxygen atoms in total. The van der Waals surface area contributed by atoms with Gasteiger partial charge in [-0.1, -0.05) is 36.4 Å². The van der Waals surface area contributed by atoms with Crippen LogP contribution in [0.4, 0.5) is 0 Å². The summed E-state index contributed by atoms with van der Waals surface area (Å²) >= 11 is 0. The highest BCUT2D eigenvalue weighted by Crippen LogP contribution is 2.22. The van der Waals surface area contributed by atoms with E-state index in [2.05, 4.69) is 4.98 Å². The fraction of sp³-hybridized carbons (Fsp3) is 0.111. The zero-order valence-corrected chi connectivity index (χ0v) is 12.2. The monoisotopic (exact) mass is 293 g/mol. The molecule has 0 aliphatic heterocycles. The van der Waals surface area contributed by atoms with Crippen LogP contribution >= 0.6 is 0 Å². The van der Waals surface area contributed by atoms with Crippen LogP contribution in [0.2, 0.25) is 0 Å². The Morgan fingerprint density at radius 3 is 2.36 bits per heavy atom. The Morgan fingerprint density at radius 1 is 1.05 bits per heavy atom. The molecular formula is C18H15NO3.